The Balaban J connectivity index is 2.90. The number of halogens is 2. The number of nitrogens with one attached hydrogen (secondary N) is 1. The van der Waals surface area contributed by atoms with Crippen LogP contribution >= 0.6 is 23.2 Å². The lowest BCUT2D eigenvalue weighted by Gasteiger charge is -2.17. The van der Waals surface area contributed by atoms with E-state index in [1.165, 1.54) is 0 Å². The molecule has 1 aromatic rings. The van der Waals surface area contributed by atoms with Crippen molar-refractivity contribution in [1.82, 2.24) is 5.43 Å². The van der Waals surface area contributed by atoms with Crippen molar-refractivity contribution in [3.05, 3.63) is 46.5 Å². The van der Waals surface area contributed by atoms with Crippen LogP contribution in [-0.2, 0) is 0 Å². The molecule has 3 N–H and O–H groups in total. The second-order valence-electron chi connectivity index (χ2n) is 3.23. The van der Waals surface area contributed by atoms with Crippen LogP contribution in [0.15, 0.2) is 30.9 Å². The molecule has 0 fully saturated rings. The minimum atomic E-state index is 0.00852. The van der Waals surface area contributed by atoms with Crippen molar-refractivity contribution < 1.29 is 0 Å². The first-order valence-corrected chi connectivity index (χ1v) is 5.47. The fourth-order valence-corrected chi connectivity index (χ4v) is 1.84. The van der Waals surface area contributed by atoms with Gasteiger partial charge < -0.3 is 0 Å². The van der Waals surface area contributed by atoms with Gasteiger partial charge in [-0.25, -0.2) is 0 Å². The summed E-state index contributed by atoms with van der Waals surface area (Å²) in [6.45, 7) is 3.67. The van der Waals surface area contributed by atoms with Crippen LogP contribution in [0.25, 0.3) is 0 Å². The molecule has 0 aliphatic heterocycles. The molecular formula is C11H14Cl2N2. The van der Waals surface area contributed by atoms with Crippen LogP contribution in [0.5, 0.6) is 0 Å². The molecule has 0 bridgehead atoms. The summed E-state index contributed by atoms with van der Waals surface area (Å²) in [5, 5.41) is 1.11. The van der Waals surface area contributed by atoms with Crippen molar-refractivity contribution in [2.24, 2.45) is 5.84 Å². The molecule has 0 aliphatic rings. The second kappa shape index (κ2) is 6.13. The van der Waals surface area contributed by atoms with E-state index in [1.807, 2.05) is 18.2 Å². The molecule has 4 heteroatoms. The number of hydrogen-bond acceptors (Lipinski definition) is 2. The predicted octanol–water partition coefficient (Wildman–Crippen LogP) is 3.46. The van der Waals surface area contributed by atoms with E-state index in [4.69, 9.17) is 29.0 Å². The van der Waals surface area contributed by atoms with Crippen LogP contribution in [0.3, 0.4) is 0 Å². The number of allylic oxidation sites excluding steroid dienone is 1. The molecule has 0 radical (unpaired) electrons. The first-order valence-electron chi connectivity index (χ1n) is 4.71. The summed E-state index contributed by atoms with van der Waals surface area (Å²) in [4.78, 5) is 0. The topological polar surface area (TPSA) is 38.0 Å². The van der Waals surface area contributed by atoms with E-state index < -0.39 is 0 Å². The standard InChI is InChI=1S/C11H14Cl2N2/c1-2-3-7-10(15-14)8-5-4-6-9(12)11(8)13/h2,4-6,10,15H,1,3,7,14H2. The molecule has 82 valence electrons. The van der Waals surface area contributed by atoms with Crippen molar-refractivity contribution in [3.8, 4) is 0 Å². The Morgan fingerprint density at radius 3 is 2.80 bits per heavy atom. The van der Waals surface area contributed by atoms with Crippen LogP contribution in [0.2, 0.25) is 10.0 Å². The Labute approximate surface area is 100 Å². The van der Waals surface area contributed by atoms with Gasteiger partial charge in [0.15, 0.2) is 0 Å². The molecule has 0 amide bonds. The second-order valence-corrected chi connectivity index (χ2v) is 4.01. The van der Waals surface area contributed by atoms with Gasteiger partial charge in [-0.2, -0.15) is 0 Å². The maximum absolute atomic E-state index is 6.09. The van der Waals surface area contributed by atoms with E-state index >= 15 is 0 Å². The molecule has 0 heterocycles. The third-order valence-electron chi connectivity index (χ3n) is 2.22. The summed E-state index contributed by atoms with van der Waals surface area (Å²) in [5.74, 6) is 5.48. The summed E-state index contributed by atoms with van der Waals surface area (Å²) >= 11 is 12.0. The van der Waals surface area contributed by atoms with Crippen molar-refractivity contribution in [1.29, 1.82) is 0 Å². The van der Waals surface area contributed by atoms with Crippen LogP contribution in [-0.4, -0.2) is 0 Å². The Morgan fingerprint density at radius 1 is 1.47 bits per heavy atom. The number of benzene rings is 1. The summed E-state index contributed by atoms with van der Waals surface area (Å²) in [7, 11) is 0. The summed E-state index contributed by atoms with van der Waals surface area (Å²) in [6, 6.07) is 5.55. The van der Waals surface area contributed by atoms with Gasteiger partial charge in [0.05, 0.1) is 10.0 Å². The SMILES string of the molecule is C=CCCC(NN)c1cccc(Cl)c1Cl. The summed E-state index contributed by atoms with van der Waals surface area (Å²) in [5.41, 5.74) is 3.65. The van der Waals surface area contributed by atoms with E-state index in [2.05, 4.69) is 12.0 Å². The predicted molar refractivity (Wildman–Crippen MR) is 66.0 cm³/mol. The molecule has 1 aromatic carbocycles. The van der Waals surface area contributed by atoms with Gasteiger partial charge in [0.2, 0.25) is 0 Å². The van der Waals surface area contributed by atoms with Gasteiger partial charge in [-0.3, -0.25) is 11.3 Å². The minimum Gasteiger partial charge on any atom is -0.271 e. The van der Waals surface area contributed by atoms with Crippen LogP contribution in [0.4, 0.5) is 0 Å². The Hall–Kier alpha value is -0.540. The smallest absolute Gasteiger partial charge is 0.0640 e. The summed E-state index contributed by atoms with van der Waals surface area (Å²) in [6.07, 6.45) is 3.57. The zero-order chi connectivity index (χ0) is 11.3. The highest BCUT2D eigenvalue weighted by molar-refractivity contribution is 6.42. The van der Waals surface area contributed by atoms with Crippen LogP contribution in [0, 0.1) is 0 Å². The lowest BCUT2D eigenvalue weighted by molar-refractivity contribution is 0.521. The van der Waals surface area contributed by atoms with E-state index in [9.17, 15) is 0 Å². The van der Waals surface area contributed by atoms with E-state index in [-0.39, 0.29) is 6.04 Å². The highest BCUT2D eigenvalue weighted by atomic mass is 35.5. The lowest BCUT2D eigenvalue weighted by Crippen LogP contribution is -2.28. The molecule has 1 atom stereocenters. The normalized spacial score (nSPS) is 12.5. The monoisotopic (exact) mass is 244 g/mol. The molecular weight excluding hydrogens is 231 g/mol. The quantitative estimate of drug-likeness (QED) is 0.473. The van der Waals surface area contributed by atoms with E-state index in [0.717, 1.165) is 18.4 Å². The molecule has 0 aliphatic carbocycles. The molecule has 1 rings (SSSR count). The summed E-state index contributed by atoms with van der Waals surface area (Å²) < 4.78 is 0. The number of hydrogen-bond donors (Lipinski definition) is 2. The minimum absolute atomic E-state index is 0.00852. The molecule has 2 nitrogen and oxygen atoms in total. The maximum atomic E-state index is 6.09. The highest BCUT2D eigenvalue weighted by Gasteiger charge is 2.13. The Bertz CT molecular complexity index is 339. The Morgan fingerprint density at radius 2 is 2.20 bits per heavy atom. The zero-order valence-electron chi connectivity index (χ0n) is 8.34. The van der Waals surface area contributed by atoms with Crippen molar-refractivity contribution >= 4 is 23.2 Å². The highest BCUT2D eigenvalue weighted by Crippen LogP contribution is 2.31. The molecule has 0 saturated carbocycles. The van der Waals surface area contributed by atoms with Gasteiger partial charge in [-0.15, -0.1) is 6.58 Å². The third kappa shape index (κ3) is 3.21. The molecule has 0 spiro atoms. The van der Waals surface area contributed by atoms with Gasteiger partial charge in [-0.1, -0.05) is 41.4 Å². The van der Waals surface area contributed by atoms with Crippen LogP contribution < -0.4 is 11.3 Å². The Kier molecular flexibility index (Phi) is 5.12. The fraction of sp³-hybridized carbons (Fsp3) is 0.273. The number of rotatable bonds is 5. The first kappa shape index (κ1) is 12.5. The average molecular weight is 245 g/mol. The third-order valence-corrected chi connectivity index (χ3v) is 3.05. The maximum Gasteiger partial charge on any atom is 0.0640 e. The van der Waals surface area contributed by atoms with Gasteiger partial charge in [0.1, 0.15) is 0 Å². The average Bonchev–Trinajstić information content (AvgIpc) is 2.25. The number of hydrazine groups is 1. The van der Waals surface area contributed by atoms with E-state index in [1.54, 1.807) is 6.07 Å². The largest absolute Gasteiger partial charge is 0.271 e. The molecule has 0 saturated heterocycles. The van der Waals surface area contributed by atoms with Gasteiger partial charge >= 0.3 is 0 Å². The molecule has 0 aromatic heterocycles. The lowest BCUT2D eigenvalue weighted by atomic mass is 10.0. The van der Waals surface area contributed by atoms with E-state index in [0.29, 0.717) is 10.0 Å². The molecule has 15 heavy (non-hydrogen) atoms. The van der Waals surface area contributed by atoms with Gasteiger partial charge in [-0.05, 0) is 24.5 Å². The number of nitrogens with two attached hydrogens (primary N) is 1. The van der Waals surface area contributed by atoms with Crippen molar-refractivity contribution in [3.63, 3.8) is 0 Å². The van der Waals surface area contributed by atoms with Crippen LogP contribution in [0.1, 0.15) is 24.4 Å². The van der Waals surface area contributed by atoms with Crippen molar-refractivity contribution in [2.45, 2.75) is 18.9 Å². The molecule has 1 unspecified atom stereocenters. The van der Waals surface area contributed by atoms with Gasteiger partial charge in [0, 0.05) is 6.04 Å². The fourth-order valence-electron chi connectivity index (χ4n) is 1.40. The first-order chi connectivity index (χ1) is 7.20. The van der Waals surface area contributed by atoms with Gasteiger partial charge in [0.25, 0.3) is 0 Å². The zero-order valence-corrected chi connectivity index (χ0v) is 9.85. The van der Waals surface area contributed by atoms with Crippen molar-refractivity contribution in [2.75, 3.05) is 0 Å².